The van der Waals surface area contributed by atoms with Crippen LogP contribution < -0.4 is 5.32 Å². The van der Waals surface area contributed by atoms with Crippen LogP contribution in [0.25, 0.3) is 0 Å². The maximum absolute atomic E-state index is 12.4. The van der Waals surface area contributed by atoms with E-state index in [0.29, 0.717) is 23.0 Å². The van der Waals surface area contributed by atoms with Gasteiger partial charge in [-0.3, -0.25) is 4.79 Å². The van der Waals surface area contributed by atoms with E-state index in [4.69, 9.17) is 0 Å². The van der Waals surface area contributed by atoms with Gasteiger partial charge in [0.1, 0.15) is 0 Å². The van der Waals surface area contributed by atoms with Crippen molar-refractivity contribution in [2.24, 2.45) is 11.3 Å². The average Bonchev–Trinajstić information content (AvgIpc) is 2.84. The van der Waals surface area contributed by atoms with Crippen LogP contribution in [0.3, 0.4) is 0 Å². The number of nitrogens with one attached hydrogen (secondary N) is 1. The van der Waals surface area contributed by atoms with Crippen molar-refractivity contribution in [1.82, 2.24) is 5.32 Å². The van der Waals surface area contributed by atoms with E-state index in [9.17, 15) is 9.90 Å². The van der Waals surface area contributed by atoms with Crippen molar-refractivity contribution in [3.63, 3.8) is 0 Å². The van der Waals surface area contributed by atoms with E-state index in [1.807, 2.05) is 6.26 Å². The molecule has 2 fully saturated rings. The first kappa shape index (κ1) is 14.7. The highest BCUT2D eigenvalue weighted by molar-refractivity contribution is 9.09. The van der Waals surface area contributed by atoms with Crippen molar-refractivity contribution < 1.29 is 9.90 Å². The summed E-state index contributed by atoms with van der Waals surface area (Å²) in [4.78, 5) is 12.7. The summed E-state index contributed by atoms with van der Waals surface area (Å²) >= 11 is 5.27. The average molecular weight is 336 g/mol. The van der Waals surface area contributed by atoms with Crippen LogP contribution in [0.1, 0.15) is 32.6 Å². The number of alkyl halides is 1. The topological polar surface area (TPSA) is 49.3 Å². The molecule has 0 unspecified atom stereocenters. The first-order valence-corrected chi connectivity index (χ1v) is 8.84. The van der Waals surface area contributed by atoms with Crippen LogP contribution in [0.15, 0.2) is 0 Å². The van der Waals surface area contributed by atoms with Crippen LogP contribution in [0, 0.1) is 11.3 Å². The van der Waals surface area contributed by atoms with E-state index in [1.54, 1.807) is 18.7 Å². The zero-order chi connectivity index (χ0) is 13.4. The Bertz CT molecular complexity index is 337. The molecule has 0 radical (unpaired) electrons. The Balaban J connectivity index is 1.92. The van der Waals surface area contributed by atoms with Crippen LogP contribution in [-0.2, 0) is 4.79 Å². The van der Waals surface area contributed by atoms with Crippen LogP contribution >= 0.6 is 27.7 Å². The number of rotatable bonds is 5. The molecule has 2 rings (SSSR count). The summed E-state index contributed by atoms with van der Waals surface area (Å²) in [7, 11) is 0. The molecule has 5 heteroatoms. The Morgan fingerprint density at radius 1 is 1.67 bits per heavy atom. The Labute approximate surface area is 122 Å². The van der Waals surface area contributed by atoms with E-state index >= 15 is 0 Å². The van der Waals surface area contributed by atoms with E-state index in [2.05, 4.69) is 21.2 Å². The van der Waals surface area contributed by atoms with Crippen molar-refractivity contribution in [1.29, 1.82) is 0 Å². The van der Waals surface area contributed by atoms with E-state index in [0.717, 1.165) is 19.3 Å². The standard InChI is InChI=1S/C13H22BrNO2S/c1-12(17,8-18-2)7-15-11(16)13-4-3-9(6-13)5-10(13)14/h9-10,17H,3-8H2,1-2H3,(H,15,16)/t9-,10-,12+,13-/m0/s1. The summed E-state index contributed by atoms with van der Waals surface area (Å²) in [5.41, 5.74) is -1.02. The maximum atomic E-state index is 12.4. The molecule has 2 saturated carbocycles. The van der Waals surface area contributed by atoms with Crippen LogP contribution in [0.5, 0.6) is 0 Å². The molecule has 104 valence electrons. The molecule has 0 saturated heterocycles. The highest BCUT2D eigenvalue weighted by Crippen LogP contribution is 2.57. The zero-order valence-corrected chi connectivity index (χ0v) is 13.4. The number of thioether (sulfide) groups is 1. The van der Waals surface area contributed by atoms with Gasteiger partial charge in [0, 0.05) is 17.1 Å². The minimum Gasteiger partial charge on any atom is -0.387 e. The number of carbonyl (C=O) groups excluding carboxylic acids is 1. The second kappa shape index (κ2) is 5.33. The fraction of sp³-hybridized carbons (Fsp3) is 0.923. The third-order valence-corrected chi connectivity index (χ3v) is 6.49. The minimum atomic E-state index is -0.815. The molecule has 1 amide bonds. The Kier molecular flexibility index (Phi) is 4.34. The number of hydrogen-bond donors (Lipinski definition) is 2. The molecule has 0 aliphatic heterocycles. The van der Waals surface area contributed by atoms with Crippen LogP contribution in [-0.4, -0.2) is 40.0 Å². The summed E-state index contributed by atoms with van der Waals surface area (Å²) in [6, 6.07) is 0. The molecule has 0 heterocycles. The Morgan fingerprint density at radius 2 is 2.39 bits per heavy atom. The van der Waals surface area contributed by atoms with Gasteiger partial charge in [0.2, 0.25) is 5.91 Å². The minimum absolute atomic E-state index is 0.130. The molecular weight excluding hydrogens is 314 g/mol. The Hall–Kier alpha value is 0.260. The van der Waals surface area contributed by atoms with E-state index < -0.39 is 5.60 Å². The molecule has 0 aromatic rings. The summed E-state index contributed by atoms with van der Waals surface area (Å²) in [6.07, 6.45) is 6.26. The molecule has 0 aromatic carbocycles. The van der Waals surface area contributed by atoms with Crippen molar-refractivity contribution >= 4 is 33.6 Å². The van der Waals surface area contributed by atoms with Gasteiger partial charge in [0.15, 0.2) is 0 Å². The van der Waals surface area contributed by atoms with Gasteiger partial charge in [-0.1, -0.05) is 15.9 Å². The predicted octanol–water partition coefficient (Wildman–Crippen LogP) is 2.17. The van der Waals surface area contributed by atoms with Gasteiger partial charge in [0.25, 0.3) is 0 Å². The fourth-order valence-electron chi connectivity index (χ4n) is 3.34. The van der Waals surface area contributed by atoms with Gasteiger partial charge in [-0.2, -0.15) is 11.8 Å². The Morgan fingerprint density at radius 3 is 2.89 bits per heavy atom. The third kappa shape index (κ3) is 2.73. The summed E-state index contributed by atoms with van der Waals surface area (Å²) in [5, 5.41) is 13.1. The fourth-order valence-corrected chi connectivity index (χ4v) is 5.22. The molecule has 2 aliphatic rings. The van der Waals surface area contributed by atoms with Gasteiger partial charge in [-0.25, -0.2) is 0 Å². The lowest BCUT2D eigenvalue weighted by Crippen LogP contribution is -2.49. The maximum Gasteiger partial charge on any atom is 0.227 e. The number of halogens is 1. The van der Waals surface area contributed by atoms with Crippen molar-refractivity contribution in [3.05, 3.63) is 0 Å². The SMILES string of the molecule is CSC[C@](C)(O)CNC(=O)[C@]12CC[C@@H](C[C@@H]1Br)C2. The number of carbonyl (C=O) groups is 1. The highest BCUT2D eigenvalue weighted by Gasteiger charge is 2.55. The molecule has 0 spiro atoms. The zero-order valence-electron chi connectivity index (χ0n) is 11.0. The predicted molar refractivity (Wildman–Crippen MR) is 79.1 cm³/mol. The number of aliphatic hydroxyl groups is 1. The smallest absolute Gasteiger partial charge is 0.227 e. The number of amides is 1. The second-order valence-electron chi connectivity index (χ2n) is 6.08. The molecule has 0 aromatic heterocycles. The first-order chi connectivity index (χ1) is 8.39. The number of hydrogen-bond acceptors (Lipinski definition) is 3. The van der Waals surface area contributed by atoms with Crippen LogP contribution in [0.2, 0.25) is 0 Å². The molecule has 2 N–H and O–H groups in total. The lowest BCUT2D eigenvalue weighted by molar-refractivity contribution is -0.131. The molecule has 3 nitrogen and oxygen atoms in total. The summed E-state index contributed by atoms with van der Waals surface area (Å²) in [6.45, 7) is 2.12. The number of fused-ring (bicyclic) bond motifs is 2. The quantitative estimate of drug-likeness (QED) is 0.757. The van der Waals surface area contributed by atoms with Gasteiger partial charge >= 0.3 is 0 Å². The van der Waals surface area contributed by atoms with E-state index in [1.165, 1.54) is 6.42 Å². The van der Waals surface area contributed by atoms with Gasteiger partial charge in [-0.05, 0) is 44.8 Å². The van der Waals surface area contributed by atoms with Gasteiger partial charge < -0.3 is 10.4 Å². The first-order valence-electron chi connectivity index (χ1n) is 6.53. The van der Waals surface area contributed by atoms with Gasteiger partial charge in [0.05, 0.1) is 11.0 Å². The van der Waals surface area contributed by atoms with Crippen molar-refractivity contribution in [3.8, 4) is 0 Å². The second-order valence-corrected chi connectivity index (χ2v) is 8.05. The van der Waals surface area contributed by atoms with Crippen molar-refractivity contribution in [2.45, 2.75) is 43.0 Å². The molecule has 18 heavy (non-hydrogen) atoms. The molecule has 2 aliphatic carbocycles. The molecular formula is C13H22BrNO2S. The summed E-state index contributed by atoms with van der Waals surface area (Å²) < 4.78 is 0. The normalized spacial score (nSPS) is 37.6. The van der Waals surface area contributed by atoms with Gasteiger partial charge in [-0.15, -0.1) is 0 Å². The largest absolute Gasteiger partial charge is 0.387 e. The molecule has 4 atom stereocenters. The highest BCUT2D eigenvalue weighted by atomic mass is 79.9. The summed E-state index contributed by atoms with van der Waals surface area (Å²) in [5.74, 6) is 1.48. The monoisotopic (exact) mass is 335 g/mol. The lowest BCUT2D eigenvalue weighted by Gasteiger charge is -2.32. The third-order valence-electron chi connectivity index (χ3n) is 4.33. The van der Waals surface area contributed by atoms with Crippen LogP contribution in [0.4, 0.5) is 0 Å². The van der Waals surface area contributed by atoms with Crippen molar-refractivity contribution in [2.75, 3.05) is 18.6 Å². The molecule has 2 bridgehead atoms. The lowest BCUT2D eigenvalue weighted by atomic mass is 9.83. The van der Waals surface area contributed by atoms with E-state index in [-0.39, 0.29) is 11.3 Å².